The predicted octanol–water partition coefficient (Wildman–Crippen LogP) is 2.17. The first-order valence-corrected chi connectivity index (χ1v) is 11.7. The maximum absolute atomic E-state index is 13.4. The minimum absolute atomic E-state index is 0.0932. The highest BCUT2D eigenvalue weighted by Crippen LogP contribution is 2.20. The zero-order valence-electron chi connectivity index (χ0n) is 19.3. The SMILES string of the molecule is Cn1c(=O)n(CCCO)c(=O)c2c1nc(C#CCOC1CCCCC1)n2Cc1ccc(F)cc1. The summed E-state index contributed by atoms with van der Waals surface area (Å²) in [6.45, 7) is 0.442. The molecule has 0 atom stereocenters. The molecule has 8 nitrogen and oxygen atoms in total. The van der Waals surface area contributed by atoms with Gasteiger partial charge in [0.1, 0.15) is 12.4 Å². The summed E-state index contributed by atoms with van der Waals surface area (Å²) in [5.74, 6) is 5.99. The van der Waals surface area contributed by atoms with Gasteiger partial charge in [0.05, 0.1) is 12.6 Å². The lowest BCUT2D eigenvalue weighted by Gasteiger charge is -2.20. The Labute approximate surface area is 196 Å². The number of benzene rings is 1. The summed E-state index contributed by atoms with van der Waals surface area (Å²) in [4.78, 5) is 30.6. The molecule has 0 radical (unpaired) electrons. The topological polar surface area (TPSA) is 91.3 Å². The van der Waals surface area contributed by atoms with Crippen LogP contribution in [0, 0.1) is 17.7 Å². The minimum Gasteiger partial charge on any atom is -0.396 e. The van der Waals surface area contributed by atoms with Crippen molar-refractivity contribution in [2.45, 2.75) is 57.7 Å². The third-order valence-electron chi connectivity index (χ3n) is 6.17. The van der Waals surface area contributed by atoms with Crippen LogP contribution in [0.1, 0.15) is 49.9 Å². The van der Waals surface area contributed by atoms with Crippen molar-refractivity contribution in [3.8, 4) is 11.8 Å². The Morgan fingerprint density at radius 3 is 2.59 bits per heavy atom. The summed E-state index contributed by atoms with van der Waals surface area (Å²) in [7, 11) is 1.55. The molecule has 0 unspecified atom stereocenters. The van der Waals surface area contributed by atoms with Crippen LogP contribution in [0.3, 0.4) is 0 Å². The fourth-order valence-electron chi connectivity index (χ4n) is 4.33. The molecule has 1 N–H and O–H groups in total. The molecule has 0 spiro atoms. The summed E-state index contributed by atoms with van der Waals surface area (Å²) in [6.07, 6.45) is 6.16. The number of aliphatic hydroxyl groups is 1. The fraction of sp³-hybridized carbons (Fsp3) is 0.480. The van der Waals surface area contributed by atoms with Gasteiger partial charge in [-0.25, -0.2) is 14.2 Å². The number of fused-ring (bicyclic) bond motifs is 1. The van der Waals surface area contributed by atoms with E-state index in [9.17, 15) is 19.1 Å². The smallest absolute Gasteiger partial charge is 0.332 e. The molecule has 2 aromatic heterocycles. The van der Waals surface area contributed by atoms with E-state index in [0.29, 0.717) is 5.82 Å². The van der Waals surface area contributed by atoms with E-state index in [1.807, 2.05) is 0 Å². The third kappa shape index (κ3) is 5.13. The molecule has 1 aliphatic rings. The first-order valence-electron chi connectivity index (χ1n) is 11.7. The first-order chi connectivity index (χ1) is 16.5. The molecule has 2 heterocycles. The molecule has 180 valence electrons. The van der Waals surface area contributed by atoms with E-state index in [1.54, 1.807) is 23.7 Å². The third-order valence-corrected chi connectivity index (χ3v) is 6.17. The zero-order valence-corrected chi connectivity index (χ0v) is 19.3. The Bertz CT molecular complexity index is 1320. The lowest BCUT2D eigenvalue weighted by molar-refractivity contribution is 0.0497. The van der Waals surface area contributed by atoms with E-state index in [4.69, 9.17) is 4.74 Å². The van der Waals surface area contributed by atoms with Gasteiger partial charge in [-0.1, -0.05) is 37.3 Å². The van der Waals surface area contributed by atoms with E-state index >= 15 is 0 Å². The monoisotopic (exact) mass is 468 g/mol. The van der Waals surface area contributed by atoms with E-state index in [1.165, 1.54) is 36.0 Å². The van der Waals surface area contributed by atoms with E-state index in [2.05, 4.69) is 16.8 Å². The number of aryl methyl sites for hydroxylation is 1. The van der Waals surface area contributed by atoms with Crippen molar-refractivity contribution in [3.05, 3.63) is 62.3 Å². The average molecular weight is 469 g/mol. The van der Waals surface area contributed by atoms with Crippen molar-refractivity contribution in [1.29, 1.82) is 0 Å². The molecule has 1 saturated carbocycles. The highest BCUT2D eigenvalue weighted by molar-refractivity contribution is 5.72. The molecule has 0 saturated heterocycles. The summed E-state index contributed by atoms with van der Waals surface area (Å²) in [6, 6.07) is 5.98. The Hall–Kier alpha value is -3.22. The Balaban J connectivity index is 1.75. The minimum atomic E-state index is -0.502. The molecule has 9 heteroatoms. The Morgan fingerprint density at radius 1 is 1.15 bits per heavy atom. The van der Waals surface area contributed by atoms with Crippen LogP contribution in [0.2, 0.25) is 0 Å². The Kier molecular flexibility index (Phi) is 7.60. The highest BCUT2D eigenvalue weighted by Gasteiger charge is 2.20. The highest BCUT2D eigenvalue weighted by atomic mass is 19.1. The molecular formula is C25H29FN4O4. The average Bonchev–Trinajstić information content (AvgIpc) is 3.21. The predicted molar refractivity (Wildman–Crippen MR) is 126 cm³/mol. The van der Waals surface area contributed by atoms with Crippen LogP contribution < -0.4 is 11.2 Å². The summed E-state index contributed by atoms with van der Waals surface area (Å²) < 4.78 is 23.4. The van der Waals surface area contributed by atoms with Crippen LogP contribution in [-0.4, -0.2) is 43.1 Å². The molecule has 34 heavy (non-hydrogen) atoms. The van der Waals surface area contributed by atoms with Crippen LogP contribution in [0.15, 0.2) is 33.9 Å². The van der Waals surface area contributed by atoms with Crippen LogP contribution in [0.4, 0.5) is 4.39 Å². The van der Waals surface area contributed by atoms with Crippen molar-refractivity contribution >= 4 is 11.2 Å². The molecule has 0 bridgehead atoms. The molecule has 0 amide bonds. The standard InChI is InChI=1S/C25H29FN4O4/c1-28-23-22(24(32)29(25(28)33)14-6-15-31)30(17-18-10-12-19(26)13-11-18)21(27-23)9-5-16-34-20-7-3-2-4-8-20/h10-13,20,31H,2-4,6-8,14-17H2,1H3. The second-order valence-electron chi connectivity index (χ2n) is 8.57. The number of aliphatic hydroxyl groups excluding tert-OH is 1. The summed E-state index contributed by atoms with van der Waals surface area (Å²) in [5.41, 5.74) is 0.235. The molecule has 1 aromatic carbocycles. The van der Waals surface area contributed by atoms with Gasteiger partial charge >= 0.3 is 5.69 Å². The maximum Gasteiger partial charge on any atom is 0.332 e. The summed E-state index contributed by atoms with van der Waals surface area (Å²) in [5, 5.41) is 9.18. The number of hydrogen-bond acceptors (Lipinski definition) is 5. The van der Waals surface area contributed by atoms with E-state index in [-0.39, 0.29) is 55.8 Å². The largest absolute Gasteiger partial charge is 0.396 e. The van der Waals surface area contributed by atoms with Crippen molar-refractivity contribution in [2.75, 3.05) is 13.2 Å². The van der Waals surface area contributed by atoms with Crippen molar-refractivity contribution in [3.63, 3.8) is 0 Å². The maximum atomic E-state index is 13.4. The van der Waals surface area contributed by atoms with Crippen LogP contribution in [0.25, 0.3) is 11.2 Å². The number of hydrogen-bond donors (Lipinski definition) is 1. The first kappa shape index (κ1) is 23.9. The van der Waals surface area contributed by atoms with Gasteiger partial charge in [-0.2, -0.15) is 0 Å². The number of aromatic nitrogens is 4. The van der Waals surface area contributed by atoms with Gasteiger partial charge in [0.25, 0.3) is 5.56 Å². The normalized spacial score (nSPS) is 14.3. The second kappa shape index (κ2) is 10.8. The second-order valence-corrected chi connectivity index (χ2v) is 8.57. The van der Waals surface area contributed by atoms with Crippen molar-refractivity contribution in [1.82, 2.24) is 18.7 Å². The lowest BCUT2D eigenvalue weighted by atomic mass is 9.98. The van der Waals surface area contributed by atoms with Gasteiger partial charge in [0, 0.05) is 20.2 Å². The van der Waals surface area contributed by atoms with Crippen LogP contribution in [0.5, 0.6) is 0 Å². The van der Waals surface area contributed by atoms with Crippen molar-refractivity contribution < 1.29 is 14.2 Å². The molecule has 4 rings (SSSR count). The fourth-order valence-corrected chi connectivity index (χ4v) is 4.33. The summed E-state index contributed by atoms with van der Waals surface area (Å²) >= 11 is 0. The molecular weight excluding hydrogens is 439 g/mol. The zero-order chi connectivity index (χ0) is 24.1. The van der Waals surface area contributed by atoms with E-state index in [0.717, 1.165) is 23.0 Å². The van der Waals surface area contributed by atoms with Gasteiger partial charge in [-0.15, -0.1) is 0 Å². The van der Waals surface area contributed by atoms with Gasteiger partial charge in [0.2, 0.25) is 0 Å². The number of rotatable bonds is 7. The molecule has 1 fully saturated rings. The van der Waals surface area contributed by atoms with E-state index < -0.39 is 11.2 Å². The van der Waals surface area contributed by atoms with Crippen LogP contribution in [-0.2, 0) is 24.9 Å². The van der Waals surface area contributed by atoms with Gasteiger partial charge < -0.3 is 14.4 Å². The van der Waals surface area contributed by atoms with Gasteiger partial charge in [-0.3, -0.25) is 13.9 Å². The molecule has 1 aliphatic carbocycles. The number of imidazole rings is 1. The van der Waals surface area contributed by atoms with Gasteiger partial charge in [-0.05, 0) is 42.9 Å². The van der Waals surface area contributed by atoms with Gasteiger partial charge in [0.15, 0.2) is 17.0 Å². The lowest BCUT2D eigenvalue weighted by Crippen LogP contribution is -2.40. The van der Waals surface area contributed by atoms with Crippen LogP contribution >= 0.6 is 0 Å². The number of ether oxygens (including phenoxy) is 1. The Morgan fingerprint density at radius 2 is 1.88 bits per heavy atom. The van der Waals surface area contributed by atoms with Crippen molar-refractivity contribution in [2.24, 2.45) is 7.05 Å². The number of halogens is 1. The molecule has 0 aliphatic heterocycles. The quantitative estimate of drug-likeness (QED) is 0.537. The molecule has 3 aromatic rings. The number of nitrogens with zero attached hydrogens (tertiary/aromatic N) is 4.